The highest BCUT2D eigenvalue weighted by atomic mass is 32.1. The van der Waals surface area contributed by atoms with E-state index < -0.39 is 0 Å². The summed E-state index contributed by atoms with van der Waals surface area (Å²) in [7, 11) is 2.25. The molecule has 1 unspecified atom stereocenters. The van der Waals surface area contributed by atoms with E-state index in [0.717, 1.165) is 19.5 Å². The number of nitrogens with zero attached hydrogens (tertiary/aromatic N) is 3. The number of anilines is 1. The number of rotatable bonds is 6. The van der Waals surface area contributed by atoms with Crippen LogP contribution in [0.2, 0.25) is 0 Å². The Morgan fingerprint density at radius 3 is 2.89 bits per heavy atom. The molecule has 2 aliphatic heterocycles. The maximum atomic E-state index is 2.58. The molecule has 0 radical (unpaired) electrons. The molecule has 3 heterocycles. The van der Waals surface area contributed by atoms with Crippen LogP contribution in [0.1, 0.15) is 43.2 Å². The molecule has 3 nitrogen and oxygen atoms in total. The average molecular weight is 481 g/mol. The lowest BCUT2D eigenvalue weighted by atomic mass is 9.84. The van der Waals surface area contributed by atoms with Gasteiger partial charge in [0.2, 0.25) is 5.52 Å². The zero-order valence-electron chi connectivity index (χ0n) is 20.8. The predicted molar refractivity (Wildman–Crippen MR) is 148 cm³/mol. The molecule has 178 valence electrons. The van der Waals surface area contributed by atoms with Crippen molar-refractivity contribution in [3.05, 3.63) is 100 Å². The average Bonchev–Trinajstić information content (AvgIpc) is 3.26. The van der Waals surface area contributed by atoms with Gasteiger partial charge >= 0.3 is 0 Å². The first-order valence-corrected chi connectivity index (χ1v) is 13.9. The highest BCUT2D eigenvalue weighted by Crippen LogP contribution is 2.42. The van der Waals surface area contributed by atoms with E-state index in [1.807, 2.05) is 11.3 Å². The molecule has 0 fully saturated rings. The topological polar surface area (TPSA) is 10.4 Å². The van der Waals surface area contributed by atoms with Crippen molar-refractivity contribution in [3.63, 3.8) is 0 Å². The predicted octanol–water partition coefficient (Wildman–Crippen LogP) is 7.07. The summed E-state index contributed by atoms with van der Waals surface area (Å²) in [5, 5.41) is 1.39. The molecule has 1 atom stereocenters. The number of aromatic nitrogens is 1. The first-order valence-electron chi connectivity index (χ1n) is 13.0. The minimum atomic E-state index is 0.365. The Hall–Kier alpha value is -3.11. The molecule has 0 N–H and O–H groups in total. The standard InChI is InChI=1S/C31H34N3S/c1-3-4-19-32(2)29-21-24(22-30-33-20-11-13-23-12-10-18-28(35-30)31(23)33)26-16-8-9-17-27(26)34(29)25-14-6-5-7-15-25/h5-10,12,14-15,17-18,21-22,26H,3-4,11,13,16,19-20H2,1-2H3/q+1. The van der Waals surface area contributed by atoms with Gasteiger partial charge in [0.05, 0.1) is 0 Å². The van der Waals surface area contributed by atoms with Crippen molar-refractivity contribution in [2.45, 2.75) is 45.6 Å². The summed E-state index contributed by atoms with van der Waals surface area (Å²) in [5.41, 5.74) is 7.01. The molecule has 0 spiro atoms. The second kappa shape index (κ2) is 9.50. The number of unbranched alkanes of at least 4 members (excludes halogenated alkanes) is 1. The number of aryl methyl sites for hydroxylation is 2. The van der Waals surface area contributed by atoms with Gasteiger partial charge in [0.15, 0.2) is 6.54 Å². The fourth-order valence-electron chi connectivity index (χ4n) is 5.73. The number of benzene rings is 2. The van der Waals surface area contributed by atoms with Gasteiger partial charge in [-0.05, 0) is 55.2 Å². The normalized spacial score (nSPS) is 20.1. The van der Waals surface area contributed by atoms with Crippen LogP contribution >= 0.6 is 11.3 Å². The number of para-hydroxylation sites is 2. The molecule has 3 aliphatic rings. The van der Waals surface area contributed by atoms with Crippen molar-refractivity contribution in [1.29, 1.82) is 0 Å². The van der Waals surface area contributed by atoms with Crippen LogP contribution in [-0.4, -0.2) is 18.5 Å². The molecule has 0 saturated heterocycles. The minimum absolute atomic E-state index is 0.365. The third-order valence-corrected chi connectivity index (χ3v) is 8.62. The second-order valence-corrected chi connectivity index (χ2v) is 10.9. The van der Waals surface area contributed by atoms with Crippen molar-refractivity contribution < 1.29 is 4.57 Å². The summed E-state index contributed by atoms with van der Waals surface area (Å²) in [6.45, 7) is 4.44. The molecule has 0 bridgehead atoms. The molecular formula is C31H34N3S+. The van der Waals surface area contributed by atoms with Gasteiger partial charge in [-0.15, -0.1) is 0 Å². The first-order chi connectivity index (χ1) is 17.2. The van der Waals surface area contributed by atoms with E-state index in [2.05, 4.69) is 107 Å². The van der Waals surface area contributed by atoms with Crippen LogP contribution in [0.5, 0.6) is 0 Å². The van der Waals surface area contributed by atoms with E-state index in [1.54, 1.807) is 0 Å². The van der Waals surface area contributed by atoms with Gasteiger partial charge in [0.1, 0.15) is 10.5 Å². The van der Waals surface area contributed by atoms with Crippen LogP contribution in [0.15, 0.2) is 89.9 Å². The second-order valence-electron chi connectivity index (χ2n) is 9.86. The number of thiazole rings is 1. The smallest absolute Gasteiger partial charge is 0.263 e. The van der Waals surface area contributed by atoms with E-state index in [1.165, 1.54) is 69.2 Å². The third-order valence-electron chi connectivity index (χ3n) is 7.52. The molecule has 1 aliphatic carbocycles. The summed E-state index contributed by atoms with van der Waals surface area (Å²) in [6.07, 6.45) is 17.7. The van der Waals surface area contributed by atoms with Crippen molar-refractivity contribution >= 4 is 33.3 Å². The minimum Gasteiger partial charge on any atom is -0.361 e. The summed E-state index contributed by atoms with van der Waals surface area (Å²) in [4.78, 5) is 4.93. The lowest BCUT2D eigenvalue weighted by Crippen LogP contribution is -2.40. The van der Waals surface area contributed by atoms with Gasteiger partial charge < -0.3 is 4.90 Å². The summed E-state index contributed by atoms with van der Waals surface area (Å²) in [5.74, 6) is 1.64. The first kappa shape index (κ1) is 22.4. The summed E-state index contributed by atoms with van der Waals surface area (Å²) >= 11 is 1.95. The van der Waals surface area contributed by atoms with Gasteiger partial charge in [0, 0.05) is 49.0 Å². The lowest BCUT2D eigenvalue weighted by Gasteiger charge is -2.43. The van der Waals surface area contributed by atoms with Crippen LogP contribution in [-0.2, 0) is 13.0 Å². The zero-order chi connectivity index (χ0) is 23.8. The van der Waals surface area contributed by atoms with E-state index in [4.69, 9.17) is 0 Å². The van der Waals surface area contributed by atoms with E-state index in [9.17, 15) is 0 Å². The van der Waals surface area contributed by atoms with E-state index in [-0.39, 0.29) is 0 Å². The van der Waals surface area contributed by atoms with Crippen LogP contribution < -0.4 is 9.47 Å². The highest BCUT2D eigenvalue weighted by molar-refractivity contribution is 7.18. The van der Waals surface area contributed by atoms with Crippen LogP contribution in [0.25, 0.3) is 16.3 Å². The van der Waals surface area contributed by atoms with E-state index in [0.29, 0.717) is 5.92 Å². The largest absolute Gasteiger partial charge is 0.361 e. The lowest BCUT2D eigenvalue weighted by molar-refractivity contribution is -0.671. The number of fused-ring (bicyclic) bond motifs is 1. The molecule has 0 amide bonds. The Kier molecular flexibility index (Phi) is 6.07. The third kappa shape index (κ3) is 4.04. The van der Waals surface area contributed by atoms with E-state index >= 15 is 0 Å². The maximum Gasteiger partial charge on any atom is 0.263 e. The van der Waals surface area contributed by atoms with Gasteiger partial charge in [-0.2, -0.15) is 4.57 Å². The van der Waals surface area contributed by atoms with Crippen molar-refractivity contribution in [2.75, 3.05) is 18.5 Å². The summed E-state index contributed by atoms with van der Waals surface area (Å²) in [6, 6.07) is 17.7. The molecule has 35 heavy (non-hydrogen) atoms. The fraction of sp³-hybridized carbons (Fsp3) is 0.323. The highest BCUT2D eigenvalue weighted by Gasteiger charge is 2.34. The molecule has 3 aromatic rings. The quantitative estimate of drug-likeness (QED) is 0.349. The molecule has 1 aromatic heterocycles. The molecule has 6 rings (SSSR count). The molecule has 4 heteroatoms. The zero-order valence-corrected chi connectivity index (χ0v) is 21.6. The number of hydrogen-bond acceptors (Lipinski definition) is 3. The van der Waals surface area contributed by atoms with Crippen molar-refractivity contribution in [3.8, 4) is 0 Å². The molecular weight excluding hydrogens is 446 g/mol. The van der Waals surface area contributed by atoms with Crippen molar-refractivity contribution in [1.82, 2.24) is 4.90 Å². The van der Waals surface area contributed by atoms with Crippen LogP contribution in [0.4, 0.5) is 5.69 Å². The fourth-order valence-corrected chi connectivity index (χ4v) is 6.93. The van der Waals surface area contributed by atoms with Crippen molar-refractivity contribution in [2.24, 2.45) is 5.92 Å². The van der Waals surface area contributed by atoms with Gasteiger partial charge in [0.25, 0.3) is 5.01 Å². The Balaban J connectivity index is 1.51. The maximum absolute atomic E-state index is 2.58. The number of allylic oxidation sites excluding steroid dienone is 5. The molecule has 0 saturated carbocycles. The Bertz CT molecular complexity index is 1360. The van der Waals surface area contributed by atoms with Gasteiger partial charge in [-0.25, -0.2) is 0 Å². The Morgan fingerprint density at radius 2 is 2.03 bits per heavy atom. The Morgan fingerprint density at radius 1 is 1.14 bits per heavy atom. The van der Waals surface area contributed by atoms with Gasteiger partial charge in [-0.1, -0.05) is 67.2 Å². The summed E-state index contributed by atoms with van der Waals surface area (Å²) < 4.78 is 3.99. The van der Waals surface area contributed by atoms with Crippen LogP contribution in [0.3, 0.4) is 0 Å². The number of hydrogen-bond donors (Lipinski definition) is 0. The monoisotopic (exact) mass is 480 g/mol. The SMILES string of the molecule is CCCCN(C)C1=C/C(=C/c2sc3cccc4c3[n+]2CCC4)C2CC=CC=C2N1c1ccccc1. The van der Waals surface area contributed by atoms with Crippen LogP contribution in [0, 0.1) is 5.92 Å². The Labute approximate surface area is 213 Å². The molecule has 2 aromatic carbocycles. The van der Waals surface area contributed by atoms with Gasteiger partial charge in [-0.3, -0.25) is 4.90 Å².